The summed E-state index contributed by atoms with van der Waals surface area (Å²) in [6, 6.07) is 17.2. The van der Waals surface area contributed by atoms with Crippen molar-refractivity contribution >= 4 is 5.97 Å². The standard InChI is InChI=1S/C16H17NO3/c1-17(12-16(18)19)11-13-6-5-9-15(10-13)20-14-7-3-2-4-8-14/h2-10H,11-12H2,1H3,(H,18,19). The summed E-state index contributed by atoms with van der Waals surface area (Å²) in [5.41, 5.74) is 1.02. The average Bonchev–Trinajstić information content (AvgIpc) is 2.39. The number of benzene rings is 2. The predicted molar refractivity (Wildman–Crippen MR) is 76.9 cm³/mol. The molecule has 0 aliphatic carbocycles. The van der Waals surface area contributed by atoms with Crippen LogP contribution in [0.25, 0.3) is 0 Å². The lowest BCUT2D eigenvalue weighted by Crippen LogP contribution is -2.25. The molecule has 0 spiro atoms. The number of hydrogen-bond acceptors (Lipinski definition) is 3. The van der Waals surface area contributed by atoms with E-state index in [0.29, 0.717) is 6.54 Å². The summed E-state index contributed by atoms with van der Waals surface area (Å²) in [4.78, 5) is 12.4. The van der Waals surface area contributed by atoms with Gasteiger partial charge < -0.3 is 9.84 Å². The van der Waals surface area contributed by atoms with Gasteiger partial charge in [0.05, 0.1) is 6.54 Å². The lowest BCUT2D eigenvalue weighted by atomic mass is 10.2. The van der Waals surface area contributed by atoms with Gasteiger partial charge >= 0.3 is 5.97 Å². The first kappa shape index (κ1) is 14.1. The van der Waals surface area contributed by atoms with Crippen LogP contribution >= 0.6 is 0 Å². The van der Waals surface area contributed by atoms with E-state index in [0.717, 1.165) is 17.1 Å². The molecule has 0 aliphatic heterocycles. The van der Waals surface area contributed by atoms with Crippen molar-refractivity contribution in [1.82, 2.24) is 4.90 Å². The maximum atomic E-state index is 10.6. The van der Waals surface area contributed by atoms with E-state index in [1.165, 1.54) is 0 Å². The Hall–Kier alpha value is -2.33. The predicted octanol–water partition coefficient (Wildman–Crippen LogP) is 3.00. The lowest BCUT2D eigenvalue weighted by Gasteiger charge is -2.14. The number of nitrogens with zero attached hydrogens (tertiary/aromatic N) is 1. The second kappa shape index (κ2) is 6.73. The van der Waals surface area contributed by atoms with Crippen LogP contribution in [0.5, 0.6) is 11.5 Å². The van der Waals surface area contributed by atoms with Crippen molar-refractivity contribution in [3.8, 4) is 11.5 Å². The molecular weight excluding hydrogens is 254 g/mol. The van der Waals surface area contributed by atoms with E-state index in [9.17, 15) is 4.79 Å². The van der Waals surface area contributed by atoms with Crippen molar-refractivity contribution in [2.24, 2.45) is 0 Å². The zero-order chi connectivity index (χ0) is 14.4. The second-order valence-corrected chi connectivity index (χ2v) is 4.63. The zero-order valence-corrected chi connectivity index (χ0v) is 11.3. The van der Waals surface area contributed by atoms with Gasteiger partial charge in [0.25, 0.3) is 0 Å². The van der Waals surface area contributed by atoms with Gasteiger partial charge in [-0.2, -0.15) is 0 Å². The maximum Gasteiger partial charge on any atom is 0.317 e. The van der Waals surface area contributed by atoms with Gasteiger partial charge in [0.2, 0.25) is 0 Å². The summed E-state index contributed by atoms with van der Waals surface area (Å²) in [5, 5.41) is 8.74. The first-order chi connectivity index (χ1) is 9.63. The van der Waals surface area contributed by atoms with Gasteiger partial charge in [-0.25, -0.2) is 0 Å². The highest BCUT2D eigenvalue weighted by molar-refractivity contribution is 5.69. The molecule has 0 bridgehead atoms. The molecule has 0 radical (unpaired) electrons. The quantitative estimate of drug-likeness (QED) is 0.877. The Morgan fingerprint density at radius 2 is 1.80 bits per heavy atom. The number of rotatable bonds is 6. The molecule has 2 rings (SSSR count). The Kier molecular flexibility index (Phi) is 4.74. The van der Waals surface area contributed by atoms with E-state index >= 15 is 0 Å². The van der Waals surface area contributed by atoms with Gasteiger partial charge in [-0.05, 0) is 36.9 Å². The molecule has 0 aromatic heterocycles. The number of carboxylic acids is 1. The molecule has 0 atom stereocenters. The molecule has 0 fully saturated rings. The Morgan fingerprint density at radius 3 is 2.50 bits per heavy atom. The van der Waals surface area contributed by atoms with E-state index in [2.05, 4.69) is 0 Å². The number of ether oxygens (including phenoxy) is 1. The number of hydrogen-bond donors (Lipinski definition) is 1. The van der Waals surface area contributed by atoms with Gasteiger partial charge in [-0.1, -0.05) is 30.3 Å². The van der Waals surface area contributed by atoms with E-state index in [1.54, 1.807) is 11.9 Å². The largest absolute Gasteiger partial charge is 0.480 e. The Morgan fingerprint density at radius 1 is 1.10 bits per heavy atom. The molecule has 4 nitrogen and oxygen atoms in total. The summed E-state index contributed by atoms with van der Waals surface area (Å²) in [6.45, 7) is 0.585. The van der Waals surface area contributed by atoms with Crippen LogP contribution in [-0.4, -0.2) is 29.6 Å². The van der Waals surface area contributed by atoms with E-state index in [4.69, 9.17) is 9.84 Å². The minimum absolute atomic E-state index is 0.0176. The molecule has 0 aliphatic rings. The molecule has 0 saturated carbocycles. The summed E-state index contributed by atoms with van der Waals surface area (Å²) in [5.74, 6) is 0.699. The SMILES string of the molecule is CN(CC(=O)O)Cc1cccc(Oc2ccccc2)c1. The third kappa shape index (κ3) is 4.40. The number of aliphatic carboxylic acids is 1. The molecule has 20 heavy (non-hydrogen) atoms. The average molecular weight is 271 g/mol. The summed E-state index contributed by atoms with van der Waals surface area (Å²) >= 11 is 0. The Labute approximate surface area is 118 Å². The van der Waals surface area contributed by atoms with Gasteiger partial charge in [-0.3, -0.25) is 9.69 Å². The first-order valence-electron chi connectivity index (χ1n) is 6.35. The second-order valence-electron chi connectivity index (χ2n) is 4.63. The highest BCUT2D eigenvalue weighted by Gasteiger charge is 2.06. The summed E-state index contributed by atoms with van der Waals surface area (Å²) in [6.07, 6.45) is 0. The monoisotopic (exact) mass is 271 g/mol. The highest BCUT2D eigenvalue weighted by atomic mass is 16.5. The number of likely N-dealkylation sites (N-methyl/N-ethyl adjacent to an activating group) is 1. The van der Waals surface area contributed by atoms with Crippen molar-refractivity contribution in [3.63, 3.8) is 0 Å². The normalized spacial score (nSPS) is 10.5. The zero-order valence-electron chi connectivity index (χ0n) is 11.3. The van der Waals surface area contributed by atoms with Crippen LogP contribution in [0.15, 0.2) is 54.6 Å². The van der Waals surface area contributed by atoms with Crippen molar-refractivity contribution in [3.05, 3.63) is 60.2 Å². The summed E-state index contributed by atoms with van der Waals surface area (Å²) in [7, 11) is 1.78. The van der Waals surface area contributed by atoms with Crippen LogP contribution < -0.4 is 4.74 Å². The van der Waals surface area contributed by atoms with Gasteiger partial charge in [0, 0.05) is 6.54 Å². The molecule has 104 valence electrons. The molecular formula is C16H17NO3. The van der Waals surface area contributed by atoms with Crippen LogP contribution in [0.4, 0.5) is 0 Å². The third-order valence-electron chi connectivity index (χ3n) is 2.74. The van der Waals surface area contributed by atoms with Crippen molar-refractivity contribution in [2.75, 3.05) is 13.6 Å². The smallest absolute Gasteiger partial charge is 0.317 e. The van der Waals surface area contributed by atoms with E-state index in [-0.39, 0.29) is 6.54 Å². The number of para-hydroxylation sites is 1. The molecule has 2 aromatic rings. The maximum absolute atomic E-state index is 10.6. The van der Waals surface area contributed by atoms with Gasteiger partial charge in [0.1, 0.15) is 11.5 Å². The van der Waals surface area contributed by atoms with Crippen LogP contribution in [0.1, 0.15) is 5.56 Å². The lowest BCUT2D eigenvalue weighted by molar-refractivity contribution is -0.138. The van der Waals surface area contributed by atoms with Crippen molar-refractivity contribution < 1.29 is 14.6 Å². The molecule has 0 heterocycles. The Bertz CT molecular complexity index is 569. The highest BCUT2D eigenvalue weighted by Crippen LogP contribution is 2.22. The van der Waals surface area contributed by atoms with E-state index < -0.39 is 5.97 Å². The van der Waals surface area contributed by atoms with Gasteiger partial charge in [0.15, 0.2) is 0 Å². The Balaban J connectivity index is 2.02. The molecule has 0 amide bonds. The van der Waals surface area contributed by atoms with Crippen LogP contribution in [0.2, 0.25) is 0 Å². The first-order valence-corrected chi connectivity index (χ1v) is 6.35. The van der Waals surface area contributed by atoms with Gasteiger partial charge in [-0.15, -0.1) is 0 Å². The van der Waals surface area contributed by atoms with Crippen LogP contribution in [0.3, 0.4) is 0 Å². The number of carbonyl (C=O) groups is 1. The van der Waals surface area contributed by atoms with Crippen LogP contribution in [0, 0.1) is 0 Å². The minimum atomic E-state index is -0.829. The fourth-order valence-corrected chi connectivity index (χ4v) is 1.93. The molecule has 2 aromatic carbocycles. The number of carboxylic acid groups (broad SMARTS) is 1. The molecule has 0 unspecified atom stereocenters. The summed E-state index contributed by atoms with van der Waals surface area (Å²) < 4.78 is 5.75. The third-order valence-corrected chi connectivity index (χ3v) is 2.74. The molecule has 1 N–H and O–H groups in total. The fourth-order valence-electron chi connectivity index (χ4n) is 1.93. The van der Waals surface area contributed by atoms with E-state index in [1.807, 2.05) is 54.6 Å². The molecule has 4 heteroatoms. The molecule has 0 saturated heterocycles. The van der Waals surface area contributed by atoms with Crippen molar-refractivity contribution in [2.45, 2.75) is 6.54 Å². The topological polar surface area (TPSA) is 49.8 Å². The van der Waals surface area contributed by atoms with Crippen LogP contribution in [-0.2, 0) is 11.3 Å². The minimum Gasteiger partial charge on any atom is -0.480 e. The fraction of sp³-hybridized carbons (Fsp3) is 0.188. The van der Waals surface area contributed by atoms with Crippen molar-refractivity contribution in [1.29, 1.82) is 0 Å².